The molecule has 1 heterocycles. The normalized spacial score (nSPS) is 12.5. The van der Waals surface area contributed by atoms with Gasteiger partial charge in [-0.1, -0.05) is 6.07 Å². The van der Waals surface area contributed by atoms with Gasteiger partial charge in [0.05, 0.1) is 27.0 Å². The van der Waals surface area contributed by atoms with Crippen molar-refractivity contribution in [2.45, 2.75) is 20.0 Å². The lowest BCUT2D eigenvalue weighted by atomic mass is 10.1. The first-order chi connectivity index (χ1) is 16.1. The van der Waals surface area contributed by atoms with E-state index in [1.807, 2.05) is 49.4 Å². The highest BCUT2D eigenvalue weighted by atomic mass is 16.5. The highest BCUT2D eigenvalue weighted by Gasteiger charge is 2.20. The van der Waals surface area contributed by atoms with Gasteiger partial charge in [-0.2, -0.15) is 5.10 Å². The number of hydrazone groups is 1. The topological polar surface area (TPSA) is 72.4 Å². The Morgan fingerprint density at radius 1 is 0.970 bits per heavy atom. The molecule has 0 atom stereocenters. The van der Waals surface area contributed by atoms with Gasteiger partial charge in [-0.25, -0.2) is 5.43 Å². The Bertz CT molecular complexity index is 1160. The molecular weight excluding hydrogens is 418 g/mol. The molecule has 4 rings (SSSR count). The molecule has 0 radical (unpaired) electrons. The van der Waals surface area contributed by atoms with Gasteiger partial charge in [0.25, 0.3) is 5.91 Å². The maximum absolute atomic E-state index is 12.6. The number of hydrogen-bond acceptors (Lipinski definition) is 6. The summed E-state index contributed by atoms with van der Waals surface area (Å²) in [4.78, 5) is 14.9. The SMILES string of the molecule is CCOc1ccc(N2Cc3ccc(C(=O)N/N=C\c4ccc(OC)cc4OC)cc3C2)cc1. The van der Waals surface area contributed by atoms with E-state index in [2.05, 4.69) is 27.6 Å². The number of carbonyl (C=O) groups is 1. The van der Waals surface area contributed by atoms with Crippen molar-refractivity contribution in [1.29, 1.82) is 0 Å². The molecule has 0 unspecified atom stereocenters. The predicted molar refractivity (Wildman–Crippen MR) is 129 cm³/mol. The molecule has 0 saturated heterocycles. The van der Waals surface area contributed by atoms with Crippen LogP contribution in [0, 0.1) is 0 Å². The smallest absolute Gasteiger partial charge is 0.271 e. The third kappa shape index (κ3) is 5.09. The van der Waals surface area contributed by atoms with E-state index in [9.17, 15) is 4.79 Å². The number of fused-ring (bicyclic) bond motifs is 1. The summed E-state index contributed by atoms with van der Waals surface area (Å²) in [7, 11) is 3.17. The van der Waals surface area contributed by atoms with Gasteiger partial charge in [-0.15, -0.1) is 0 Å². The first-order valence-corrected chi connectivity index (χ1v) is 10.8. The molecule has 1 aliphatic heterocycles. The van der Waals surface area contributed by atoms with E-state index in [0.717, 1.165) is 35.7 Å². The van der Waals surface area contributed by atoms with E-state index in [4.69, 9.17) is 14.2 Å². The third-order valence-corrected chi connectivity index (χ3v) is 5.51. The number of carbonyl (C=O) groups excluding carboxylic acids is 1. The fourth-order valence-electron chi connectivity index (χ4n) is 3.79. The van der Waals surface area contributed by atoms with Crippen molar-refractivity contribution in [1.82, 2.24) is 5.43 Å². The second-order valence-electron chi connectivity index (χ2n) is 7.57. The summed E-state index contributed by atoms with van der Waals surface area (Å²) in [6.45, 7) is 4.18. The van der Waals surface area contributed by atoms with Crippen molar-refractivity contribution in [2.24, 2.45) is 5.10 Å². The Morgan fingerprint density at radius 3 is 2.45 bits per heavy atom. The molecule has 1 N–H and O–H groups in total. The molecule has 0 aromatic heterocycles. The van der Waals surface area contributed by atoms with Crippen molar-refractivity contribution in [3.05, 3.63) is 82.9 Å². The number of benzene rings is 3. The van der Waals surface area contributed by atoms with Gasteiger partial charge in [0.15, 0.2) is 0 Å². The van der Waals surface area contributed by atoms with Crippen LogP contribution in [0.4, 0.5) is 5.69 Å². The fraction of sp³-hybridized carbons (Fsp3) is 0.231. The molecule has 3 aromatic rings. The number of hydrogen-bond donors (Lipinski definition) is 1. The summed E-state index contributed by atoms with van der Waals surface area (Å²) in [5.74, 6) is 1.90. The van der Waals surface area contributed by atoms with Crippen molar-refractivity contribution < 1.29 is 19.0 Å². The minimum Gasteiger partial charge on any atom is -0.497 e. The Hall–Kier alpha value is -4.00. The van der Waals surface area contributed by atoms with Gasteiger partial charge >= 0.3 is 0 Å². The van der Waals surface area contributed by atoms with Crippen LogP contribution in [0.5, 0.6) is 17.2 Å². The largest absolute Gasteiger partial charge is 0.497 e. The minimum absolute atomic E-state index is 0.263. The van der Waals surface area contributed by atoms with E-state index in [-0.39, 0.29) is 5.91 Å². The molecule has 3 aromatic carbocycles. The Balaban J connectivity index is 1.40. The third-order valence-electron chi connectivity index (χ3n) is 5.51. The van der Waals surface area contributed by atoms with Crippen molar-refractivity contribution in [3.63, 3.8) is 0 Å². The van der Waals surface area contributed by atoms with Crippen LogP contribution in [0.1, 0.15) is 34.0 Å². The molecule has 1 amide bonds. The molecule has 7 heteroatoms. The van der Waals surface area contributed by atoms with Crippen LogP contribution in [0.3, 0.4) is 0 Å². The fourth-order valence-corrected chi connectivity index (χ4v) is 3.79. The average molecular weight is 446 g/mol. The maximum atomic E-state index is 12.6. The maximum Gasteiger partial charge on any atom is 0.271 e. The van der Waals surface area contributed by atoms with Crippen molar-refractivity contribution in [3.8, 4) is 17.2 Å². The highest BCUT2D eigenvalue weighted by molar-refractivity contribution is 5.95. The number of nitrogens with zero attached hydrogens (tertiary/aromatic N) is 2. The average Bonchev–Trinajstić information content (AvgIpc) is 3.28. The number of rotatable bonds is 8. The summed E-state index contributed by atoms with van der Waals surface area (Å²) in [5.41, 5.74) is 7.38. The first-order valence-electron chi connectivity index (χ1n) is 10.8. The van der Waals surface area contributed by atoms with Crippen LogP contribution in [0.25, 0.3) is 0 Å². The number of anilines is 1. The molecule has 0 fully saturated rings. The first kappa shape index (κ1) is 22.2. The molecule has 33 heavy (non-hydrogen) atoms. The van der Waals surface area contributed by atoms with Crippen LogP contribution < -0.4 is 24.5 Å². The highest BCUT2D eigenvalue weighted by Crippen LogP contribution is 2.30. The Morgan fingerprint density at radius 2 is 1.73 bits per heavy atom. The summed E-state index contributed by atoms with van der Waals surface area (Å²) < 4.78 is 16.1. The van der Waals surface area contributed by atoms with Crippen LogP contribution in [-0.2, 0) is 13.1 Å². The summed E-state index contributed by atoms with van der Waals surface area (Å²) in [6, 6.07) is 19.3. The standard InChI is InChI=1S/C26H27N3O4/c1-4-33-23-11-8-22(9-12-23)29-16-20-6-5-18(13-21(20)17-29)26(30)28-27-15-19-7-10-24(31-2)14-25(19)32-3/h5-15H,4,16-17H2,1-3H3,(H,28,30)/b27-15-. The van der Waals surface area contributed by atoms with E-state index in [1.165, 1.54) is 5.56 Å². The molecule has 0 spiro atoms. The van der Waals surface area contributed by atoms with E-state index >= 15 is 0 Å². The lowest BCUT2D eigenvalue weighted by Gasteiger charge is -2.18. The summed E-state index contributed by atoms with van der Waals surface area (Å²) in [6.07, 6.45) is 1.55. The minimum atomic E-state index is -0.263. The van der Waals surface area contributed by atoms with Crippen molar-refractivity contribution >= 4 is 17.8 Å². The number of ether oxygens (including phenoxy) is 3. The zero-order valence-electron chi connectivity index (χ0n) is 19.0. The quantitative estimate of drug-likeness (QED) is 0.411. The van der Waals surface area contributed by atoms with E-state index in [1.54, 1.807) is 26.5 Å². The Labute approximate surface area is 193 Å². The van der Waals surface area contributed by atoms with E-state index in [0.29, 0.717) is 23.7 Å². The van der Waals surface area contributed by atoms with Crippen LogP contribution in [0.15, 0.2) is 65.8 Å². The van der Waals surface area contributed by atoms with Crippen LogP contribution in [-0.4, -0.2) is 32.9 Å². The zero-order chi connectivity index (χ0) is 23.2. The number of nitrogens with one attached hydrogen (secondary N) is 1. The second-order valence-corrected chi connectivity index (χ2v) is 7.57. The van der Waals surface area contributed by atoms with Crippen LogP contribution >= 0.6 is 0 Å². The van der Waals surface area contributed by atoms with E-state index < -0.39 is 0 Å². The summed E-state index contributed by atoms with van der Waals surface area (Å²) in [5, 5.41) is 4.09. The van der Waals surface area contributed by atoms with Crippen molar-refractivity contribution in [2.75, 3.05) is 25.7 Å². The lowest BCUT2D eigenvalue weighted by molar-refractivity contribution is 0.0955. The van der Waals surface area contributed by atoms with Gasteiger partial charge in [0.2, 0.25) is 0 Å². The Kier molecular flexibility index (Phi) is 6.78. The molecule has 170 valence electrons. The molecule has 0 bridgehead atoms. The number of amides is 1. The molecule has 7 nitrogen and oxygen atoms in total. The lowest BCUT2D eigenvalue weighted by Crippen LogP contribution is -2.18. The van der Waals surface area contributed by atoms with Gasteiger partial charge in [0, 0.05) is 36.0 Å². The van der Waals surface area contributed by atoms with Gasteiger partial charge in [0.1, 0.15) is 17.2 Å². The predicted octanol–water partition coefficient (Wildman–Crippen LogP) is 4.39. The molecular formula is C26H27N3O4. The molecule has 0 saturated carbocycles. The summed E-state index contributed by atoms with van der Waals surface area (Å²) >= 11 is 0. The zero-order valence-corrected chi connectivity index (χ0v) is 19.0. The van der Waals surface area contributed by atoms with Gasteiger partial charge in [-0.3, -0.25) is 4.79 Å². The molecule has 0 aliphatic carbocycles. The monoisotopic (exact) mass is 445 g/mol. The second kappa shape index (κ2) is 10.1. The molecule has 1 aliphatic rings. The van der Waals surface area contributed by atoms with Crippen LogP contribution in [0.2, 0.25) is 0 Å². The van der Waals surface area contributed by atoms with Gasteiger partial charge in [-0.05, 0) is 66.6 Å². The van der Waals surface area contributed by atoms with Gasteiger partial charge < -0.3 is 19.1 Å². The number of methoxy groups -OCH3 is 2.